The summed E-state index contributed by atoms with van der Waals surface area (Å²) in [6.07, 6.45) is 0.967. The second-order valence-corrected chi connectivity index (χ2v) is 6.22. The second kappa shape index (κ2) is 7.10. The van der Waals surface area contributed by atoms with Gasteiger partial charge >= 0.3 is 0 Å². The van der Waals surface area contributed by atoms with Gasteiger partial charge in [0.15, 0.2) is 0 Å². The Morgan fingerprint density at radius 3 is 2.52 bits per heavy atom. The van der Waals surface area contributed by atoms with E-state index in [-0.39, 0.29) is 6.04 Å². The molecule has 0 bridgehead atoms. The van der Waals surface area contributed by atoms with Gasteiger partial charge < -0.3 is 10.1 Å². The van der Waals surface area contributed by atoms with E-state index in [1.807, 2.05) is 19.2 Å². The summed E-state index contributed by atoms with van der Waals surface area (Å²) in [7, 11) is 3.69. The standard InChI is InChI=1S/C18H22BrNO/c1-12-5-6-13(2)14(9-12)10-18(20-3)16-8-7-15(21-4)11-17(16)19/h5-9,11,18,20H,10H2,1-4H3. The van der Waals surface area contributed by atoms with Gasteiger partial charge in [0.05, 0.1) is 7.11 Å². The van der Waals surface area contributed by atoms with Crippen LogP contribution in [0.1, 0.15) is 28.3 Å². The molecule has 0 fully saturated rings. The summed E-state index contributed by atoms with van der Waals surface area (Å²) in [5.41, 5.74) is 5.28. The van der Waals surface area contributed by atoms with Gasteiger partial charge in [0.1, 0.15) is 5.75 Å². The largest absolute Gasteiger partial charge is 0.497 e. The fraction of sp³-hybridized carbons (Fsp3) is 0.333. The molecule has 0 aliphatic carbocycles. The fourth-order valence-corrected chi connectivity index (χ4v) is 3.16. The minimum Gasteiger partial charge on any atom is -0.497 e. The van der Waals surface area contributed by atoms with Gasteiger partial charge in [-0.3, -0.25) is 0 Å². The first kappa shape index (κ1) is 16.1. The van der Waals surface area contributed by atoms with Gasteiger partial charge in [-0.2, -0.15) is 0 Å². The lowest BCUT2D eigenvalue weighted by molar-refractivity contribution is 0.414. The zero-order chi connectivity index (χ0) is 15.4. The molecule has 0 aliphatic heterocycles. The monoisotopic (exact) mass is 347 g/mol. The number of nitrogens with one attached hydrogen (secondary N) is 1. The van der Waals surface area contributed by atoms with Crippen molar-refractivity contribution in [3.8, 4) is 5.75 Å². The highest BCUT2D eigenvalue weighted by atomic mass is 79.9. The molecular weight excluding hydrogens is 326 g/mol. The molecule has 0 aliphatic rings. The number of hydrogen-bond acceptors (Lipinski definition) is 2. The molecule has 2 aromatic carbocycles. The van der Waals surface area contributed by atoms with Crippen molar-refractivity contribution in [3.63, 3.8) is 0 Å². The molecule has 0 aromatic heterocycles. The second-order valence-electron chi connectivity index (χ2n) is 5.36. The van der Waals surface area contributed by atoms with Gasteiger partial charge in [-0.05, 0) is 56.1 Å². The van der Waals surface area contributed by atoms with Crippen molar-refractivity contribution in [2.75, 3.05) is 14.2 Å². The van der Waals surface area contributed by atoms with Crippen LogP contribution in [0.5, 0.6) is 5.75 Å². The first-order valence-electron chi connectivity index (χ1n) is 7.12. The number of halogens is 1. The highest BCUT2D eigenvalue weighted by molar-refractivity contribution is 9.10. The number of likely N-dealkylation sites (N-methyl/N-ethyl adjacent to an activating group) is 1. The van der Waals surface area contributed by atoms with Crippen molar-refractivity contribution in [2.45, 2.75) is 26.3 Å². The number of rotatable bonds is 5. The highest BCUT2D eigenvalue weighted by Crippen LogP contribution is 2.30. The first-order chi connectivity index (χ1) is 10.0. The third-order valence-corrected chi connectivity index (χ3v) is 4.55. The van der Waals surface area contributed by atoms with Gasteiger partial charge in [0.2, 0.25) is 0 Å². The van der Waals surface area contributed by atoms with Crippen LogP contribution < -0.4 is 10.1 Å². The molecule has 112 valence electrons. The fourth-order valence-electron chi connectivity index (χ4n) is 2.53. The van der Waals surface area contributed by atoms with Crippen LogP contribution in [0, 0.1) is 13.8 Å². The molecule has 1 unspecified atom stereocenters. The number of benzene rings is 2. The van der Waals surface area contributed by atoms with Crippen LogP contribution in [-0.4, -0.2) is 14.2 Å². The maximum absolute atomic E-state index is 5.27. The summed E-state index contributed by atoms with van der Waals surface area (Å²) >= 11 is 3.66. The van der Waals surface area contributed by atoms with Crippen LogP contribution in [0.3, 0.4) is 0 Å². The average molecular weight is 348 g/mol. The van der Waals surface area contributed by atoms with Crippen LogP contribution in [-0.2, 0) is 6.42 Å². The quantitative estimate of drug-likeness (QED) is 0.854. The van der Waals surface area contributed by atoms with E-state index in [1.54, 1.807) is 7.11 Å². The lowest BCUT2D eigenvalue weighted by Gasteiger charge is -2.20. The zero-order valence-electron chi connectivity index (χ0n) is 13.0. The number of ether oxygens (including phenoxy) is 1. The molecule has 0 spiro atoms. The van der Waals surface area contributed by atoms with E-state index < -0.39 is 0 Å². The van der Waals surface area contributed by atoms with Gasteiger partial charge in [-0.1, -0.05) is 45.8 Å². The van der Waals surface area contributed by atoms with Crippen molar-refractivity contribution in [1.29, 1.82) is 0 Å². The Bertz CT molecular complexity index is 625. The molecule has 2 nitrogen and oxygen atoms in total. The predicted octanol–water partition coefficient (Wildman–Crippen LogP) is 4.58. The molecule has 0 saturated heterocycles. The van der Waals surface area contributed by atoms with Crippen LogP contribution >= 0.6 is 15.9 Å². The summed E-state index contributed by atoms with van der Waals surface area (Å²) < 4.78 is 6.34. The van der Waals surface area contributed by atoms with Crippen molar-refractivity contribution in [3.05, 3.63) is 63.1 Å². The first-order valence-corrected chi connectivity index (χ1v) is 7.91. The highest BCUT2D eigenvalue weighted by Gasteiger charge is 2.15. The van der Waals surface area contributed by atoms with Crippen molar-refractivity contribution in [2.24, 2.45) is 0 Å². The number of aryl methyl sites for hydroxylation is 2. The van der Waals surface area contributed by atoms with Crippen molar-refractivity contribution < 1.29 is 4.74 Å². The van der Waals surface area contributed by atoms with E-state index in [0.717, 1.165) is 16.6 Å². The summed E-state index contributed by atoms with van der Waals surface area (Å²) in [6, 6.07) is 13.0. The molecule has 2 aromatic rings. The number of methoxy groups -OCH3 is 1. The lowest BCUT2D eigenvalue weighted by atomic mass is 9.95. The summed E-state index contributed by atoms with van der Waals surface area (Å²) in [5.74, 6) is 0.868. The van der Waals surface area contributed by atoms with Gasteiger partial charge in [0.25, 0.3) is 0 Å². The molecule has 2 rings (SSSR count). The molecule has 0 heterocycles. The minimum absolute atomic E-state index is 0.269. The SMILES string of the molecule is CNC(Cc1cc(C)ccc1C)c1ccc(OC)cc1Br. The Morgan fingerprint density at radius 1 is 1.14 bits per heavy atom. The van der Waals surface area contributed by atoms with Crippen LogP contribution in [0.4, 0.5) is 0 Å². The van der Waals surface area contributed by atoms with E-state index in [9.17, 15) is 0 Å². The van der Waals surface area contributed by atoms with Gasteiger partial charge in [0, 0.05) is 10.5 Å². The summed E-state index contributed by atoms with van der Waals surface area (Å²) in [4.78, 5) is 0. The van der Waals surface area contributed by atoms with Gasteiger partial charge in [-0.25, -0.2) is 0 Å². The van der Waals surface area contributed by atoms with E-state index >= 15 is 0 Å². The van der Waals surface area contributed by atoms with Crippen LogP contribution in [0.25, 0.3) is 0 Å². The average Bonchev–Trinajstić information content (AvgIpc) is 2.48. The molecule has 0 saturated carbocycles. The Labute approximate surface area is 135 Å². The smallest absolute Gasteiger partial charge is 0.120 e. The minimum atomic E-state index is 0.269. The third kappa shape index (κ3) is 3.86. The Kier molecular flexibility index (Phi) is 5.43. The Balaban J connectivity index is 2.29. The summed E-state index contributed by atoms with van der Waals surface area (Å²) in [5, 5.41) is 3.42. The number of hydrogen-bond donors (Lipinski definition) is 1. The molecule has 0 amide bonds. The predicted molar refractivity (Wildman–Crippen MR) is 92.1 cm³/mol. The molecule has 0 radical (unpaired) electrons. The Hall–Kier alpha value is -1.32. The molecular formula is C18H22BrNO. The maximum atomic E-state index is 5.27. The topological polar surface area (TPSA) is 21.3 Å². The van der Waals surface area contributed by atoms with Gasteiger partial charge in [-0.15, -0.1) is 0 Å². The van der Waals surface area contributed by atoms with Crippen LogP contribution in [0.15, 0.2) is 40.9 Å². The van der Waals surface area contributed by atoms with Crippen LogP contribution in [0.2, 0.25) is 0 Å². The van der Waals surface area contributed by atoms with Crippen molar-refractivity contribution >= 4 is 15.9 Å². The molecule has 1 N–H and O–H groups in total. The van der Waals surface area contributed by atoms with E-state index in [2.05, 4.69) is 59.4 Å². The van der Waals surface area contributed by atoms with E-state index in [0.29, 0.717) is 0 Å². The third-order valence-electron chi connectivity index (χ3n) is 3.86. The molecule has 1 atom stereocenters. The van der Waals surface area contributed by atoms with E-state index in [1.165, 1.54) is 22.3 Å². The van der Waals surface area contributed by atoms with E-state index in [4.69, 9.17) is 4.74 Å². The normalized spacial score (nSPS) is 12.2. The molecule has 21 heavy (non-hydrogen) atoms. The zero-order valence-corrected chi connectivity index (χ0v) is 14.6. The molecule has 3 heteroatoms. The summed E-state index contributed by atoms with van der Waals surface area (Å²) in [6.45, 7) is 4.31. The Morgan fingerprint density at radius 2 is 1.90 bits per heavy atom. The lowest BCUT2D eigenvalue weighted by Crippen LogP contribution is -2.19. The maximum Gasteiger partial charge on any atom is 0.120 e. The van der Waals surface area contributed by atoms with Crippen molar-refractivity contribution in [1.82, 2.24) is 5.32 Å².